The lowest BCUT2D eigenvalue weighted by molar-refractivity contribution is -0.118. The van der Waals surface area contributed by atoms with Gasteiger partial charge in [0.05, 0.1) is 24.1 Å². The van der Waals surface area contributed by atoms with Gasteiger partial charge in [-0.25, -0.2) is 4.79 Å². The third-order valence-electron chi connectivity index (χ3n) is 5.19. The number of carbonyl (C=O) groups is 3. The zero-order chi connectivity index (χ0) is 24.3. The van der Waals surface area contributed by atoms with Crippen LogP contribution in [0.15, 0.2) is 48.5 Å². The van der Waals surface area contributed by atoms with Gasteiger partial charge >= 0.3 is 6.09 Å². The molecule has 5 N–H and O–H groups in total. The summed E-state index contributed by atoms with van der Waals surface area (Å²) in [5, 5.41) is 8.22. The molecule has 1 aliphatic carbocycles. The van der Waals surface area contributed by atoms with E-state index in [1.807, 2.05) is 6.07 Å². The molecule has 0 aliphatic heterocycles. The number of nitrogens with two attached hydrogens (primary N) is 1. The number of anilines is 3. The number of ether oxygens (including phenoxy) is 2. The summed E-state index contributed by atoms with van der Waals surface area (Å²) in [6, 6.07) is 13.4. The topological polar surface area (TPSA) is 132 Å². The van der Waals surface area contributed by atoms with Crippen molar-refractivity contribution in [3.8, 4) is 5.75 Å². The average molecular weight is 469 g/mol. The van der Waals surface area contributed by atoms with Crippen molar-refractivity contribution in [2.24, 2.45) is 0 Å². The number of alkyl carbamates (subject to hydrolysis) is 1. The highest BCUT2D eigenvalue weighted by Gasteiger charge is 2.24. The van der Waals surface area contributed by atoms with Gasteiger partial charge in [0.2, 0.25) is 11.8 Å². The molecule has 3 rings (SSSR count). The predicted molar refractivity (Wildman–Crippen MR) is 131 cm³/mol. The molecule has 9 nitrogen and oxygen atoms in total. The lowest BCUT2D eigenvalue weighted by Gasteiger charge is -2.18. The number of para-hydroxylation sites is 2. The van der Waals surface area contributed by atoms with Crippen LogP contribution < -0.4 is 26.4 Å². The molecule has 3 amide bonds. The van der Waals surface area contributed by atoms with Crippen LogP contribution in [0.4, 0.5) is 21.9 Å². The normalized spacial score (nSPS) is 13.4. The van der Waals surface area contributed by atoms with Gasteiger partial charge in [0.1, 0.15) is 11.8 Å². The first-order valence-corrected chi connectivity index (χ1v) is 11.6. The standard InChI is InChI=1S/C25H32N4O5/c1-2-33-25(32)29-22(12-5-6-13-23(30)28-21-11-4-3-10-20(21)26)24(31)27-17-8-7-9-19(16-17)34-18-14-15-18/h3-4,7-11,16,18,22H,2,5-6,12-15,26H2,1H3,(H,27,31)(H,28,30)(H,29,32). The fourth-order valence-corrected chi connectivity index (χ4v) is 3.30. The fourth-order valence-electron chi connectivity index (χ4n) is 3.30. The third kappa shape index (κ3) is 8.31. The zero-order valence-electron chi connectivity index (χ0n) is 19.3. The highest BCUT2D eigenvalue weighted by atomic mass is 16.5. The first-order chi connectivity index (χ1) is 16.4. The second-order valence-electron chi connectivity index (χ2n) is 8.13. The van der Waals surface area contributed by atoms with E-state index in [0.29, 0.717) is 42.1 Å². The van der Waals surface area contributed by atoms with E-state index in [4.69, 9.17) is 15.2 Å². The zero-order valence-corrected chi connectivity index (χ0v) is 19.3. The van der Waals surface area contributed by atoms with Crippen molar-refractivity contribution in [1.82, 2.24) is 5.32 Å². The van der Waals surface area contributed by atoms with Gasteiger partial charge < -0.3 is 31.2 Å². The number of unbranched alkanes of at least 4 members (excludes halogenated alkanes) is 1. The van der Waals surface area contributed by atoms with Crippen LogP contribution in [0.1, 0.15) is 45.4 Å². The molecule has 0 saturated heterocycles. The van der Waals surface area contributed by atoms with Crippen molar-refractivity contribution >= 4 is 35.0 Å². The Labute approximate surface area is 199 Å². The van der Waals surface area contributed by atoms with Crippen LogP contribution in [0.3, 0.4) is 0 Å². The molecule has 0 heterocycles. The second kappa shape index (κ2) is 12.5. The smallest absolute Gasteiger partial charge is 0.407 e. The van der Waals surface area contributed by atoms with E-state index < -0.39 is 12.1 Å². The van der Waals surface area contributed by atoms with Crippen LogP contribution in [0.5, 0.6) is 5.75 Å². The van der Waals surface area contributed by atoms with E-state index in [0.717, 1.165) is 12.8 Å². The Morgan fingerprint density at radius 2 is 1.85 bits per heavy atom. The van der Waals surface area contributed by atoms with Crippen molar-refractivity contribution in [2.75, 3.05) is 23.0 Å². The van der Waals surface area contributed by atoms with E-state index in [2.05, 4.69) is 16.0 Å². The summed E-state index contributed by atoms with van der Waals surface area (Å²) >= 11 is 0. The summed E-state index contributed by atoms with van der Waals surface area (Å²) in [7, 11) is 0. The van der Waals surface area contributed by atoms with E-state index >= 15 is 0 Å². The number of amides is 3. The maximum Gasteiger partial charge on any atom is 0.407 e. The molecule has 0 bridgehead atoms. The number of nitrogen functional groups attached to an aromatic ring is 1. The van der Waals surface area contributed by atoms with Gasteiger partial charge in [-0.15, -0.1) is 0 Å². The van der Waals surface area contributed by atoms with E-state index in [1.165, 1.54) is 0 Å². The summed E-state index contributed by atoms with van der Waals surface area (Å²) in [6.45, 7) is 1.89. The Kier molecular flexibility index (Phi) is 9.13. The molecule has 2 aromatic carbocycles. The Hall–Kier alpha value is -3.75. The Morgan fingerprint density at radius 1 is 1.06 bits per heavy atom. The summed E-state index contributed by atoms with van der Waals surface area (Å²) in [6.07, 6.45) is 3.37. The van der Waals surface area contributed by atoms with Gasteiger partial charge in [-0.05, 0) is 56.9 Å². The van der Waals surface area contributed by atoms with E-state index in [9.17, 15) is 14.4 Å². The van der Waals surface area contributed by atoms with Gasteiger partial charge in [-0.1, -0.05) is 24.6 Å². The molecule has 2 aromatic rings. The van der Waals surface area contributed by atoms with Crippen LogP contribution in [-0.4, -0.2) is 36.7 Å². The minimum absolute atomic E-state index is 0.162. The monoisotopic (exact) mass is 468 g/mol. The molecule has 0 radical (unpaired) electrons. The number of rotatable bonds is 12. The summed E-state index contributed by atoms with van der Waals surface area (Å²) in [5.41, 5.74) is 7.50. The summed E-state index contributed by atoms with van der Waals surface area (Å²) < 4.78 is 10.7. The van der Waals surface area contributed by atoms with Crippen LogP contribution in [0, 0.1) is 0 Å². The Morgan fingerprint density at radius 3 is 2.59 bits per heavy atom. The number of hydrogen-bond donors (Lipinski definition) is 4. The highest BCUT2D eigenvalue weighted by Crippen LogP contribution is 2.28. The van der Waals surface area contributed by atoms with E-state index in [1.54, 1.807) is 49.4 Å². The molecule has 0 spiro atoms. The van der Waals surface area contributed by atoms with Gasteiger partial charge in [0, 0.05) is 18.2 Å². The molecule has 182 valence electrons. The van der Waals surface area contributed by atoms with Crippen molar-refractivity contribution < 1.29 is 23.9 Å². The molecule has 1 aliphatic rings. The SMILES string of the molecule is CCOC(=O)NC(CCCCC(=O)Nc1ccccc1N)C(=O)Nc1cccc(OC2CC2)c1. The molecule has 1 saturated carbocycles. The largest absolute Gasteiger partial charge is 0.490 e. The molecular formula is C25H32N4O5. The molecule has 0 aromatic heterocycles. The van der Waals surface area contributed by atoms with Crippen molar-refractivity contribution in [3.63, 3.8) is 0 Å². The van der Waals surface area contributed by atoms with Crippen molar-refractivity contribution in [2.45, 2.75) is 57.6 Å². The predicted octanol–water partition coefficient (Wildman–Crippen LogP) is 4.06. The number of nitrogens with one attached hydrogen (secondary N) is 3. The lowest BCUT2D eigenvalue weighted by atomic mass is 10.1. The summed E-state index contributed by atoms with van der Waals surface area (Å²) in [5.74, 6) is 0.170. The Balaban J connectivity index is 1.50. The summed E-state index contributed by atoms with van der Waals surface area (Å²) in [4.78, 5) is 37.1. The molecule has 9 heteroatoms. The second-order valence-corrected chi connectivity index (χ2v) is 8.13. The minimum Gasteiger partial charge on any atom is -0.490 e. The van der Waals surface area contributed by atoms with Crippen LogP contribution in [0.25, 0.3) is 0 Å². The molecule has 1 atom stereocenters. The van der Waals surface area contributed by atoms with Crippen molar-refractivity contribution in [3.05, 3.63) is 48.5 Å². The minimum atomic E-state index is -0.806. The van der Waals surface area contributed by atoms with Gasteiger partial charge in [0.15, 0.2) is 0 Å². The molecule has 1 fully saturated rings. The van der Waals surface area contributed by atoms with Crippen LogP contribution in [-0.2, 0) is 14.3 Å². The Bertz CT molecular complexity index is 993. The fraction of sp³-hybridized carbons (Fsp3) is 0.400. The van der Waals surface area contributed by atoms with Gasteiger partial charge in [-0.2, -0.15) is 0 Å². The van der Waals surface area contributed by atoms with E-state index in [-0.39, 0.29) is 30.9 Å². The maximum atomic E-state index is 12.9. The maximum absolute atomic E-state index is 12.9. The molecular weight excluding hydrogens is 436 g/mol. The molecule has 1 unspecified atom stereocenters. The first kappa shape index (κ1) is 24.9. The number of benzene rings is 2. The molecule has 34 heavy (non-hydrogen) atoms. The van der Waals surface area contributed by atoms with Crippen molar-refractivity contribution in [1.29, 1.82) is 0 Å². The highest BCUT2D eigenvalue weighted by molar-refractivity contribution is 5.96. The van der Waals surface area contributed by atoms with Gasteiger partial charge in [0.25, 0.3) is 0 Å². The number of hydrogen-bond acceptors (Lipinski definition) is 6. The van der Waals surface area contributed by atoms with Crippen LogP contribution in [0.2, 0.25) is 0 Å². The average Bonchev–Trinajstić information content (AvgIpc) is 3.62. The lowest BCUT2D eigenvalue weighted by Crippen LogP contribution is -2.44. The number of carbonyl (C=O) groups excluding carboxylic acids is 3. The third-order valence-corrected chi connectivity index (χ3v) is 5.19. The van der Waals surface area contributed by atoms with Gasteiger partial charge in [-0.3, -0.25) is 9.59 Å². The van der Waals surface area contributed by atoms with Crippen LogP contribution >= 0.6 is 0 Å². The first-order valence-electron chi connectivity index (χ1n) is 11.6. The quantitative estimate of drug-likeness (QED) is 0.274.